The summed E-state index contributed by atoms with van der Waals surface area (Å²) in [7, 11) is 0. The van der Waals surface area contributed by atoms with Gasteiger partial charge in [0, 0.05) is 36.1 Å². The van der Waals surface area contributed by atoms with Crippen molar-refractivity contribution in [1.29, 1.82) is 0 Å². The van der Waals surface area contributed by atoms with Crippen LogP contribution in [0.4, 0.5) is 5.82 Å². The van der Waals surface area contributed by atoms with E-state index in [1.54, 1.807) is 6.20 Å². The Balaban J connectivity index is 1.44. The zero-order valence-corrected chi connectivity index (χ0v) is 15.1. The Hall–Kier alpha value is -3.21. The van der Waals surface area contributed by atoms with E-state index in [1.807, 2.05) is 30.5 Å². The smallest absolute Gasteiger partial charge is 0.307 e. The molecule has 1 fully saturated rings. The van der Waals surface area contributed by atoms with Crippen molar-refractivity contribution >= 4 is 11.8 Å². The zero-order chi connectivity index (χ0) is 18.8. The molecule has 3 aromatic rings. The summed E-state index contributed by atoms with van der Waals surface area (Å²) in [5, 5.41) is 12.4. The number of carboxylic acid groups (broad SMARTS) is 1. The molecule has 136 valence electrons. The molecule has 0 saturated heterocycles. The number of hydrogen-bond acceptors (Lipinski definition) is 4. The van der Waals surface area contributed by atoms with Gasteiger partial charge in [0.15, 0.2) is 0 Å². The molecule has 1 saturated carbocycles. The maximum atomic E-state index is 11.1. The number of aliphatic carboxylic acids is 1. The maximum absolute atomic E-state index is 11.1. The van der Waals surface area contributed by atoms with Crippen molar-refractivity contribution in [2.24, 2.45) is 5.92 Å². The Kier molecular flexibility index (Phi) is 4.59. The molecule has 0 bridgehead atoms. The SMILES string of the molecule is Cc1cccc(CNc2ccc(-c3ccnc([C@@H]4C[C@H]4C(=O)O)c3)cn2)c1. The molecular weight excluding hydrogens is 338 g/mol. The van der Waals surface area contributed by atoms with Crippen LogP contribution in [0.25, 0.3) is 11.1 Å². The number of pyridine rings is 2. The van der Waals surface area contributed by atoms with E-state index in [0.29, 0.717) is 6.42 Å². The fraction of sp³-hybridized carbons (Fsp3) is 0.227. The van der Waals surface area contributed by atoms with Crippen LogP contribution in [0, 0.1) is 12.8 Å². The minimum Gasteiger partial charge on any atom is -0.481 e. The summed E-state index contributed by atoms with van der Waals surface area (Å²) >= 11 is 0. The average molecular weight is 359 g/mol. The number of carbonyl (C=O) groups is 1. The fourth-order valence-electron chi connectivity index (χ4n) is 3.31. The van der Waals surface area contributed by atoms with Crippen LogP contribution in [0.1, 0.15) is 29.2 Å². The molecule has 0 radical (unpaired) electrons. The van der Waals surface area contributed by atoms with E-state index in [1.165, 1.54) is 11.1 Å². The van der Waals surface area contributed by atoms with Gasteiger partial charge in [0.05, 0.1) is 5.92 Å². The standard InChI is InChI=1S/C22H21N3O2/c1-14-3-2-4-15(9-14)12-24-21-6-5-17(13-25-21)16-7-8-23-20(10-16)18-11-19(18)22(26)27/h2-10,13,18-19H,11-12H2,1H3,(H,24,25)(H,26,27)/t18-,19-/m1/s1. The number of aromatic nitrogens is 2. The molecule has 27 heavy (non-hydrogen) atoms. The first-order valence-electron chi connectivity index (χ1n) is 9.05. The van der Waals surface area contributed by atoms with Gasteiger partial charge in [-0.05, 0) is 48.7 Å². The normalized spacial score (nSPS) is 18.1. The Morgan fingerprint density at radius 3 is 2.74 bits per heavy atom. The van der Waals surface area contributed by atoms with Crippen LogP contribution in [-0.2, 0) is 11.3 Å². The van der Waals surface area contributed by atoms with Crippen LogP contribution >= 0.6 is 0 Å². The number of rotatable bonds is 6. The van der Waals surface area contributed by atoms with E-state index < -0.39 is 5.97 Å². The topological polar surface area (TPSA) is 75.1 Å². The van der Waals surface area contributed by atoms with Gasteiger partial charge in [0.25, 0.3) is 0 Å². The highest BCUT2D eigenvalue weighted by Crippen LogP contribution is 2.47. The average Bonchev–Trinajstić information content (AvgIpc) is 3.48. The summed E-state index contributed by atoms with van der Waals surface area (Å²) < 4.78 is 0. The highest BCUT2D eigenvalue weighted by Gasteiger charge is 2.45. The molecule has 0 unspecified atom stereocenters. The highest BCUT2D eigenvalue weighted by molar-refractivity contribution is 5.75. The molecule has 2 N–H and O–H groups in total. The first kappa shape index (κ1) is 17.2. The Morgan fingerprint density at radius 1 is 1.15 bits per heavy atom. The monoisotopic (exact) mass is 359 g/mol. The molecule has 4 rings (SSSR count). The van der Waals surface area contributed by atoms with Crippen LogP contribution < -0.4 is 5.32 Å². The molecule has 2 heterocycles. The molecule has 2 aromatic heterocycles. The Bertz CT molecular complexity index is 969. The first-order chi connectivity index (χ1) is 13.1. The summed E-state index contributed by atoms with van der Waals surface area (Å²) in [6.07, 6.45) is 4.25. The van der Waals surface area contributed by atoms with Crippen LogP contribution in [-0.4, -0.2) is 21.0 Å². The molecular formula is C22H21N3O2. The zero-order valence-electron chi connectivity index (χ0n) is 15.1. The third-order valence-electron chi connectivity index (χ3n) is 4.92. The number of nitrogens with one attached hydrogen (secondary N) is 1. The number of nitrogens with zero attached hydrogens (tertiary/aromatic N) is 2. The van der Waals surface area contributed by atoms with Gasteiger partial charge in [-0.3, -0.25) is 9.78 Å². The molecule has 5 heteroatoms. The first-order valence-corrected chi connectivity index (χ1v) is 9.05. The maximum Gasteiger partial charge on any atom is 0.307 e. The lowest BCUT2D eigenvalue weighted by Gasteiger charge is -2.08. The van der Waals surface area contributed by atoms with Gasteiger partial charge in [-0.2, -0.15) is 0 Å². The third kappa shape index (κ3) is 3.97. The fourth-order valence-corrected chi connectivity index (χ4v) is 3.31. The van der Waals surface area contributed by atoms with E-state index in [0.717, 1.165) is 29.2 Å². The van der Waals surface area contributed by atoms with Gasteiger partial charge in [0.2, 0.25) is 0 Å². The summed E-state index contributed by atoms with van der Waals surface area (Å²) in [5.41, 5.74) is 5.31. The summed E-state index contributed by atoms with van der Waals surface area (Å²) in [6.45, 7) is 2.81. The predicted octanol–water partition coefficient (Wildman–Crippen LogP) is 4.25. The van der Waals surface area contributed by atoms with E-state index in [9.17, 15) is 4.79 Å². The third-order valence-corrected chi connectivity index (χ3v) is 4.92. The second-order valence-corrected chi connectivity index (χ2v) is 7.03. The van der Waals surface area contributed by atoms with Crippen molar-refractivity contribution in [3.8, 4) is 11.1 Å². The van der Waals surface area contributed by atoms with Crippen LogP contribution in [0.5, 0.6) is 0 Å². The van der Waals surface area contributed by atoms with Gasteiger partial charge in [-0.15, -0.1) is 0 Å². The van der Waals surface area contributed by atoms with Gasteiger partial charge < -0.3 is 10.4 Å². The lowest BCUT2D eigenvalue weighted by molar-refractivity contribution is -0.138. The molecule has 1 aromatic carbocycles. The second kappa shape index (κ2) is 7.19. The van der Waals surface area contributed by atoms with Gasteiger partial charge >= 0.3 is 5.97 Å². The van der Waals surface area contributed by atoms with E-state index in [4.69, 9.17) is 5.11 Å². The van der Waals surface area contributed by atoms with Gasteiger partial charge in [-0.25, -0.2) is 4.98 Å². The van der Waals surface area contributed by atoms with Crippen molar-refractivity contribution in [2.45, 2.75) is 25.8 Å². The van der Waals surface area contributed by atoms with Crippen molar-refractivity contribution in [1.82, 2.24) is 9.97 Å². The molecule has 0 aliphatic heterocycles. The summed E-state index contributed by atoms with van der Waals surface area (Å²) in [6, 6.07) is 16.3. The number of hydrogen-bond donors (Lipinski definition) is 2. The van der Waals surface area contributed by atoms with Crippen molar-refractivity contribution in [3.63, 3.8) is 0 Å². The van der Waals surface area contributed by atoms with Crippen LogP contribution in [0.15, 0.2) is 60.9 Å². The summed E-state index contributed by atoms with van der Waals surface area (Å²) in [5.74, 6) is -0.176. The van der Waals surface area contributed by atoms with Crippen molar-refractivity contribution in [2.75, 3.05) is 5.32 Å². The molecule has 0 spiro atoms. The lowest BCUT2D eigenvalue weighted by Crippen LogP contribution is -2.01. The summed E-state index contributed by atoms with van der Waals surface area (Å²) in [4.78, 5) is 19.9. The van der Waals surface area contributed by atoms with Gasteiger partial charge in [-0.1, -0.05) is 29.8 Å². The number of benzene rings is 1. The van der Waals surface area contributed by atoms with Crippen LogP contribution in [0.3, 0.4) is 0 Å². The van der Waals surface area contributed by atoms with E-state index in [-0.39, 0.29) is 11.8 Å². The second-order valence-electron chi connectivity index (χ2n) is 7.03. The molecule has 2 atom stereocenters. The molecule has 0 amide bonds. The largest absolute Gasteiger partial charge is 0.481 e. The minimum absolute atomic E-state index is 0.0330. The van der Waals surface area contributed by atoms with Crippen LogP contribution in [0.2, 0.25) is 0 Å². The van der Waals surface area contributed by atoms with Crippen molar-refractivity contribution in [3.05, 3.63) is 77.7 Å². The Morgan fingerprint density at radius 2 is 2.04 bits per heavy atom. The van der Waals surface area contributed by atoms with Crippen molar-refractivity contribution < 1.29 is 9.90 Å². The molecule has 1 aliphatic carbocycles. The number of aryl methyl sites for hydroxylation is 1. The van der Waals surface area contributed by atoms with E-state index >= 15 is 0 Å². The lowest BCUT2D eigenvalue weighted by atomic mass is 10.1. The quantitative estimate of drug-likeness (QED) is 0.688. The number of anilines is 1. The predicted molar refractivity (Wildman–Crippen MR) is 104 cm³/mol. The van der Waals surface area contributed by atoms with Gasteiger partial charge in [0.1, 0.15) is 5.82 Å². The minimum atomic E-state index is -0.738. The highest BCUT2D eigenvalue weighted by atomic mass is 16.4. The number of carboxylic acids is 1. The Labute approximate surface area is 158 Å². The molecule has 5 nitrogen and oxygen atoms in total. The van der Waals surface area contributed by atoms with E-state index in [2.05, 4.69) is 46.5 Å². The molecule has 1 aliphatic rings.